The van der Waals surface area contributed by atoms with Gasteiger partial charge in [-0.2, -0.15) is 0 Å². The second kappa shape index (κ2) is 7.97. The molecule has 0 bridgehead atoms. The molecule has 1 atom stereocenters. The molecular weight excluding hydrogens is 366 g/mol. The molecule has 22 heavy (non-hydrogen) atoms. The van der Waals surface area contributed by atoms with Gasteiger partial charge >= 0.3 is 0 Å². The molecule has 0 aliphatic carbocycles. The molecule has 2 fully saturated rings. The summed E-state index contributed by atoms with van der Waals surface area (Å²) in [5.74, 6) is 0.863. The number of hydrogen-bond donors (Lipinski definition) is 1. The Morgan fingerprint density at radius 1 is 1.27 bits per heavy atom. The zero-order chi connectivity index (χ0) is 15.4. The number of rotatable bonds is 5. The third-order valence-corrected chi connectivity index (χ3v) is 5.33. The van der Waals surface area contributed by atoms with Crippen molar-refractivity contribution in [3.05, 3.63) is 27.7 Å². The van der Waals surface area contributed by atoms with E-state index in [1.54, 1.807) is 0 Å². The molecule has 0 saturated carbocycles. The molecule has 4 nitrogen and oxygen atoms in total. The lowest BCUT2D eigenvalue weighted by Gasteiger charge is -2.32. The molecule has 2 saturated heterocycles. The third-order valence-electron chi connectivity index (χ3n) is 4.47. The van der Waals surface area contributed by atoms with Crippen LogP contribution in [0.2, 0.25) is 5.02 Å². The molecule has 2 aliphatic heterocycles. The van der Waals surface area contributed by atoms with Crippen LogP contribution in [-0.2, 0) is 0 Å². The van der Waals surface area contributed by atoms with Gasteiger partial charge in [0, 0.05) is 50.3 Å². The normalized spacial score (nSPS) is 23.8. The fraction of sp³-hybridized carbons (Fsp3) is 0.625. The minimum absolute atomic E-state index is 0.717. The molecule has 0 spiro atoms. The second-order valence-electron chi connectivity index (χ2n) is 5.95. The molecule has 0 radical (unpaired) electrons. The first-order chi connectivity index (χ1) is 10.7. The SMILES string of the molecule is Clc1ccc(OCCN2CCC(N3CCNCC3)C2)c(Br)c1. The summed E-state index contributed by atoms with van der Waals surface area (Å²) in [5, 5.41) is 4.14. The van der Waals surface area contributed by atoms with E-state index in [-0.39, 0.29) is 0 Å². The topological polar surface area (TPSA) is 27.7 Å². The number of benzene rings is 1. The summed E-state index contributed by atoms with van der Waals surface area (Å²) in [5.41, 5.74) is 0. The molecule has 0 amide bonds. The number of nitrogens with zero attached hydrogens (tertiary/aromatic N) is 2. The van der Waals surface area contributed by atoms with Crippen molar-refractivity contribution < 1.29 is 4.74 Å². The smallest absolute Gasteiger partial charge is 0.133 e. The number of halogens is 2. The van der Waals surface area contributed by atoms with Gasteiger partial charge in [-0.25, -0.2) is 0 Å². The molecular formula is C16H23BrClN3O. The van der Waals surface area contributed by atoms with Crippen LogP contribution in [0.3, 0.4) is 0 Å². The first kappa shape index (κ1) is 16.5. The summed E-state index contributed by atoms with van der Waals surface area (Å²) >= 11 is 9.43. The largest absolute Gasteiger partial charge is 0.491 e. The van der Waals surface area contributed by atoms with Crippen LogP contribution in [0.4, 0.5) is 0 Å². The van der Waals surface area contributed by atoms with Gasteiger partial charge in [0.15, 0.2) is 0 Å². The Balaban J connectivity index is 1.41. The van der Waals surface area contributed by atoms with E-state index >= 15 is 0 Å². The lowest BCUT2D eigenvalue weighted by molar-refractivity contribution is 0.165. The first-order valence-electron chi connectivity index (χ1n) is 7.97. The highest BCUT2D eigenvalue weighted by Crippen LogP contribution is 2.28. The molecule has 2 aliphatic rings. The third kappa shape index (κ3) is 4.36. The summed E-state index contributed by atoms with van der Waals surface area (Å²) in [6, 6.07) is 6.37. The van der Waals surface area contributed by atoms with Gasteiger partial charge in [-0.3, -0.25) is 9.80 Å². The van der Waals surface area contributed by atoms with Gasteiger partial charge in [0.1, 0.15) is 12.4 Å². The Morgan fingerprint density at radius 2 is 2.09 bits per heavy atom. The average molecular weight is 389 g/mol. The monoisotopic (exact) mass is 387 g/mol. The summed E-state index contributed by atoms with van der Waals surface area (Å²) < 4.78 is 6.78. The fourth-order valence-electron chi connectivity index (χ4n) is 3.24. The molecule has 122 valence electrons. The van der Waals surface area contributed by atoms with Crippen molar-refractivity contribution in [1.82, 2.24) is 15.1 Å². The quantitative estimate of drug-likeness (QED) is 0.838. The summed E-state index contributed by atoms with van der Waals surface area (Å²) in [6.07, 6.45) is 1.28. The number of ether oxygens (including phenoxy) is 1. The molecule has 1 N–H and O–H groups in total. The van der Waals surface area contributed by atoms with Crippen molar-refractivity contribution in [2.24, 2.45) is 0 Å². The Labute approximate surface area is 145 Å². The van der Waals surface area contributed by atoms with E-state index in [0.717, 1.165) is 40.9 Å². The van der Waals surface area contributed by atoms with Gasteiger partial charge in [0.25, 0.3) is 0 Å². The standard InChI is InChI=1S/C16H23BrClN3O/c17-15-11-13(18)1-2-16(15)22-10-9-20-6-3-14(12-20)21-7-4-19-5-8-21/h1-2,11,14,19H,3-10,12H2. The number of nitrogens with one attached hydrogen (secondary N) is 1. The summed E-state index contributed by atoms with van der Waals surface area (Å²) in [7, 11) is 0. The maximum absolute atomic E-state index is 5.94. The van der Waals surface area contributed by atoms with E-state index in [2.05, 4.69) is 31.0 Å². The van der Waals surface area contributed by atoms with Crippen molar-refractivity contribution in [3.63, 3.8) is 0 Å². The van der Waals surface area contributed by atoms with Crippen molar-refractivity contribution >= 4 is 27.5 Å². The highest BCUT2D eigenvalue weighted by Gasteiger charge is 2.28. The van der Waals surface area contributed by atoms with Gasteiger partial charge in [-0.05, 0) is 47.1 Å². The molecule has 1 unspecified atom stereocenters. The van der Waals surface area contributed by atoms with Gasteiger partial charge < -0.3 is 10.1 Å². The Hall–Kier alpha value is -0.330. The Bertz CT molecular complexity index is 496. The van der Waals surface area contributed by atoms with Crippen molar-refractivity contribution in [3.8, 4) is 5.75 Å². The van der Waals surface area contributed by atoms with E-state index in [1.807, 2.05) is 18.2 Å². The first-order valence-corrected chi connectivity index (χ1v) is 9.14. The van der Waals surface area contributed by atoms with Crippen LogP contribution in [0.25, 0.3) is 0 Å². The highest BCUT2D eigenvalue weighted by molar-refractivity contribution is 9.10. The summed E-state index contributed by atoms with van der Waals surface area (Å²) in [4.78, 5) is 5.14. The van der Waals surface area contributed by atoms with Crippen molar-refractivity contribution in [2.45, 2.75) is 12.5 Å². The fourth-order valence-corrected chi connectivity index (χ4v) is 4.03. The van der Waals surface area contributed by atoms with E-state index in [9.17, 15) is 0 Å². The lowest BCUT2D eigenvalue weighted by Crippen LogP contribution is -2.49. The molecule has 0 aromatic heterocycles. The van der Waals surface area contributed by atoms with Gasteiger partial charge in [-0.1, -0.05) is 11.6 Å². The lowest BCUT2D eigenvalue weighted by atomic mass is 10.2. The van der Waals surface area contributed by atoms with E-state index in [1.165, 1.54) is 32.6 Å². The van der Waals surface area contributed by atoms with Crippen LogP contribution in [0, 0.1) is 0 Å². The molecule has 6 heteroatoms. The highest BCUT2D eigenvalue weighted by atomic mass is 79.9. The van der Waals surface area contributed by atoms with E-state index < -0.39 is 0 Å². The van der Waals surface area contributed by atoms with E-state index in [0.29, 0.717) is 6.61 Å². The molecule has 2 heterocycles. The van der Waals surface area contributed by atoms with Crippen LogP contribution in [0.1, 0.15) is 6.42 Å². The van der Waals surface area contributed by atoms with Crippen LogP contribution in [-0.4, -0.2) is 68.3 Å². The molecule has 1 aromatic rings. The van der Waals surface area contributed by atoms with Gasteiger partial charge in [0.2, 0.25) is 0 Å². The van der Waals surface area contributed by atoms with Crippen LogP contribution >= 0.6 is 27.5 Å². The summed E-state index contributed by atoms with van der Waals surface area (Å²) in [6.45, 7) is 8.69. The zero-order valence-corrected chi connectivity index (χ0v) is 15.1. The minimum Gasteiger partial charge on any atom is -0.491 e. The van der Waals surface area contributed by atoms with Crippen molar-refractivity contribution in [2.75, 3.05) is 52.4 Å². The number of piperazine rings is 1. The van der Waals surface area contributed by atoms with E-state index in [4.69, 9.17) is 16.3 Å². The maximum atomic E-state index is 5.94. The van der Waals surface area contributed by atoms with Crippen LogP contribution in [0.15, 0.2) is 22.7 Å². The van der Waals surface area contributed by atoms with Gasteiger partial charge in [0.05, 0.1) is 4.47 Å². The Morgan fingerprint density at radius 3 is 2.86 bits per heavy atom. The van der Waals surface area contributed by atoms with Crippen LogP contribution in [0.5, 0.6) is 5.75 Å². The predicted octanol–water partition coefficient (Wildman–Crippen LogP) is 2.46. The average Bonchev–Trinajstić information content (AvgIpc) is 2.99. The Kier molecular flexibility index (Phi) is 5.99. The minimum atomic E-state index is 0.717. The van der Waals surface area contributed by atoms with Gasteiger partial charge in [-0.15, -0.1) is 0 Å². The van der Waals surface area contributed by atoms with Crippen molar-refractivity contribution in [1.29, 1.82) is 0 Å². The molecule has 1 aromatic carbocycles. The van der Waals surface area contributed by atoms with Crippen LogP contribution < -0.4 is 10.1 Å². The predicted molar refractivity (Wildman–Crippen MR) is 93.9 cm³/mol. The molecule has 3 rings (SSSR count). The second-order valence-corrected chi connectivity index (χ2v) is 7.24. The zero-order valence-electron chi connectivity index (χ0n) is 12.7. The number of likely N-dealkylation sites (tertiary alicyclic amines) is 1. The number of hydrogen-bond acceptors (Lipinski definition) is 4. The maximum Gasteiger partial charge on any atom is 0.133 e.